The van der Waals surface area contributed by atoms with E-state index in [-0.39, 0.29) is 23.3 Å². The second-order valence-electron chi connectivity index (χ2n) is 8.84. The minimum Gasteiger partial charge on any atom is -0.382 e. The highest BCUT2D eigenvalue weighted by Gasteiger charge is 2.24. The molecule has 1 aliphatic rings. The summed E-state index contributed by atoms with van der Waals surface area (Å²) in [4.78, 5) is 24.1. The molecule has 1 aromatic carbocycles. The lowest BCUT2D eigenvalue weighted by Gasteiger charge is -2.13. The van der Waals surface area contributed by atoms with Crippen LogP contribution in [0.15, 0.2) is 12.1 Å². The smallest absolute Gasteiger partial charge is 0.312 e. The highest BCUT2D eigenvalue weighted by Crippen LogP contribution is 2.36. The number of hydrogen-bond acceptors (Lipinski definition) is 5. The van der Waals surface area contributed by atoms with Crippen LogP contribution in [0.5, 0.6) is 0 Å². The summed E-state index contributed by atoms with van der Waals surface area (Å²) in [5.41, 5.74) is 10.3. The zero-order valence-electron chi connectivity index (χ0n) is 20.6. The minimum atomic E-state index is -0.949. The Balaban J connectivity index is 0.00000158. The molecule has 0 spiro atoms. The molecular formula is C25H34F2N6O. The van der Waals surface area contributed by atoms with Crippen molar-refractivity contribution in [1.82, 2.24) is 24.8 Å². The van der Waals surface area contributed by atoms with E-state index in [1.807, 2.05) is 46.8 Å². The number of carbonyl (C=O) groups is 1. The number of amides is 1. The number of imidazole rings is 1. The average molecular weight is 473 g/mol. The van der Waals surface area contributed by atoms with Gasteiger partial charge >= 0.3 is 6.08 Å². The Kier molecular flexibility index (Phi) is 8.17. The number of nitrogens with one attached hydrogen (secondary N) is 1. The van der Waals surface area contributed by atoms with Crippen molar-refractivity contribution in [3.8, 4) is 0 Å². The van der Waals surface area contributed by atoms with Crippen LogP contribution in [-0.2, 0) is 24.2 Å². The molecule has 0 saturated carbocycles. The second-order valence-corrected chi connectivity index (χ2v) is 8.84. The fraction of sp³-hybridized carbons (Fsp3) is 0.520. The number of nitrogen functional groups attached to an aromatic ring is 1. The van der Waals surface area contributed by atoms with Gasteiger partial charge in [0.2, 0.25) is 5.91 Å². The molecular weight excluding hydrogens is 438 g/mol. The van der Waals surface area contributed by atoms with E-state index in [0.717, 1.165) is 28.7 Å². The monoisotopic (exact) mass is 472 g/mol. The van der Waals surface area contributed by atoms with E-state index >= 15 is 0 Å². The Morgan fingerprint density at radius 1 is 1.26 bits per heavy atom. The predicted molar refractivity (Wildman–Crippen MR) is 130 cm³/mol. The highest BCUT2D eigenvalue weighted by atomic mass is 19.1. The number of benzene rings is 1. The van der Waals surface area contributed by atoms with E-state index in [4.69, 9.17) is 5.73 Å². The van der Waals surface area contributed by atoms with E-state index in [9.17, 15) is 13.6 Å². The Morgan fingerprint density at radius 2 is 2.00 bits per heavy atom. The van der Waals surface area contributed by atoms with Crippen molar-refractivity contribution in [2.45, 2.75) is 73.0 Å². The van der Waals surface area contributed by atoms with Crippen LogP contribution in [-0.4, -0.2) is 32.0 Å². The number of halogens is 2. The first-order chi connectivity index (χ1) is 16.2. The third-order valence-electron chi connectivity index (χ3n) is 5.88. The number of rotatable bonds is 7. The molecule has 1 atom stereocenters. The van der Waals surface area contributed by atoms with Gasteiger partial charge in [0.05, 0.1) is 0 Å². The normalized spacial score (nSPS) is 14.8. The number of anilines is 1. The standard InChI is InChI=1S/C23H28F2N6O.C2H6/c1-12(2)8-19(32)27-6-7-31-18(28-20-21(26)29-23(25)30-22(20)31)11-15-10-16-14(9-13(15)3)4-5-17(16)24;1-2/h9-10,12,17H,4-8,11H2,1-3H3,(H,27,32)(H2,26,29,30);1-2H3. The molecule has 0 bridgehead atoms. The van der Waals surface area contributed by atoms with Gasteiger partial charge in [0, 0.05) is 25.9 Å². The quantitative estimate of drug-likeness (QED) is 0.490. The summed E-state index contributed by atoms with van der Waals surface area (Å²) in [6, 6.07) is 3.95. The fourth-order valence-corrected chi connectivity index (χ4v) is 4.30. The van der Waals surface area contributed by atoms with Crippen molar-refractivity contribution < 1.29 is 13.6 Å². The van der Waals surface area contributed by atoms with Crippen molar-refractivity contribution in [2.75, 3.05) is 12.3 Å². The van der Waals surface area contributed by atoms with Crippen molar-refractivity contribution in [2.24, 2.45) is 5.92 Å². The van der Waals surface area contributed by atoms with Gasteiger partial charge in [0.25, 0.3) is 0 Å². The maximum absolute atomic E-state index is 14.3. The number of fused-ring (bicyclic) bond motifs is 2. The first kappa shape index (κ1) is 25.5. The zero-order valence-corrected chi connectivity index (χ0v) is 20.6. The Morgan fingerprint density at radius 3 is 2.71 bits per heavy atom. The second kappa shape index (κ2) is 10.9. The summed E-state index contributed by atoms with van der Waals surface area (Å²) in [6.45, 7) is 10.6. The summed E-state index contributed by atoms with van der Waals surface area (Å²) in [7, 11) is 0. The molecule has 2 aromatic heterocycles. The van der Waals surface area contributed by atoms with Gasteiger partial charge in [0.1, 0.15) is 12.0 Å². The summed E-state index contributed by atoms with van der Waals surface area (Å²) < 4.78 is 30.0. The molecule has 2 heterocycles. The molecule has 7 nitrogen and oxygen atoms in total. The van der Waals surface area contributed by atoms with Crippen molar-refractivity contribution in [3.05, 3.63) is 46.3 Å². The minimum absolute atomic E-state index is 0.0363. The molecule has 0 fully saturated rings. The van der Waals surface area contributed by atoms with Crippen LogP contribution in [0, 0.1) is 18.9 Å². The number of nitrogens with two attached hydrogens (primary N) is 1. The number of nitrogens with zero attached hydrogens (tertiary/aromatic N) is 4. The van der Waals surface area contributed by atoms with Gasteiger partial charge in [-0.1, -0.05) is 39.8 Å². The molecule has 3 aromatic rings. The van der Waals surface area contributed by atoms with Crippen LogP contribution in [0.4, 0.5) is 14.6 Å². The predicted octanol–water partition coefficient (Wildman–Crippen LogP) is 4.59. The van der Waals surface area contributed by atoms with Gasteiger partial charge < -0.3 is 15.6 Å². The molecule has 1 aliphatic carbocycles. The third-order valence-corrected chi connectivity index (χ3v) is 5.88. The zero-order chi connectivity index (χ0) is 25.0. The van der Waals surface area contributed by atoms with Crippen LogP contribution in [0.3, 0.4) is 0 Å². The molecule has 0 radical (unpaired) electrons. The molecule has 1 unspecified atom stereocenters. The maximum Gasteiger partial charge on any atom is 0.312 e. The van der Waals surface area contributed by atoms with Crippen molar-refractivity contribution >= 4 is 22.9 Å². The maximum atomic E-state index is 14.3. The molecule has 184 valence electrons. The largest absolute Gasteiger partial charge is 0.382 e. The van der Waals surface area contributed by atoms with Gasteiger partial charge in [-0.2, -0.15) is 14.4 Å². The van der Waals surface area contributed by atoms with Crippen molar-refractivity contribution in [1.29, 1.82) is 0 Å². The summed E-state index contributed by atoms with van der Waals surface area (Å²) >= 11 is 0. The summed E-state index contributed by atoms with van der Waals surface area (Å²) in [5.74, 6) is 0.783. The van der Waals surface area contributed by atoms with E-state index in [2.05, 4.69) is 20.3 Å². The summed E-state index contributed by atoms with van der Waals surface area (Å²) in [5, 5.41) is 2.88. The van der Waals surface area contributed by atoms with Gasteiger partial charge in [0.15, 0.2) is 17.0 Å². The molecule has 9 heteroatoms. The lowest BCUT2D eigenvalue weighted by atomic mass is 9.98. The Labute approximate surface area is 199 Å². The van der Waals surface area contributed by atoms with Crippen LogP contribution in [0.25, 0.3) is 11.2 Å². The molecule has 0 saturated heterocycles. The number of aryl methyl sites for hydroxylation is 2. The lowest BCUT2D eigenvalue weighted by molar-refractivity contribution is -0.121. The highest BCUT2D eigenvalue weighted by molar-refractivity contribution is 5.82. The van der Waals surface area contributed by atoms with E-state index < -0.39 is 12.2 Å². The first-order valence-corrected chi connectivity index (χ1v) is 11.9. The molecule has 34 heavy (non-hydrogen) atoms. The molecule has 3 N–H and O–H groups in total. The lowest BCUT2D eigenvalue weighted by Crippen LogP contribution is -2.28. The molecule has 4 rings (SSSR count). The average Bonchev–Trinajstić information content (AvgIpc) is 3.30. The van der Waals surface area contributed by atoms with Gasteiger partial charge in [-0.25, -0.2) is 9.37 Å². The summed E-state index contributed by atoms with van der Waals surface area (Å²) in [6.07, 6.45) is 0.217. The van der Waals surface area contributed by atoms with Crippen LogP contribution < -0.4 is 11.1 Å². The van der Waals surface area contributed by atoms with E-state index in [0.29, 0.717) is 43.7 Å². The number of hydrogen-bond donors (Lipinski definition) is 2. The van der Waals surface area contributed by atoms with Crippen molar-refractivity contribution in [3.63, 3.8) is 0 Å². The number of carbonyl (C=O) groups excluding carboxylic acids is 1. The van der Waals surface area contributed by atoms with Crippen LogP contribution in [0.2, 0.25) is 0 Å². The number of alkyl halides is 1. The van der Waals surface area contributed by atoms with Gasteiger partial charge in [-0.15, -0.1) is 0 Å². The first-order valence-electron chi connectivity index (χ1n) is 11.9. The van der Waals surface area contributed by atoms with Gasteiger partial charge in [-0.05, 0) is 47.9 Å². The SMILES string of the molecule is CC.Cc1cc2c(cc1Cc1nc3c(N)nc(F)nc3n1CCNC(=O)CC(C)C)C(F)CC2. The fourth-order valence-electron chi connectivity index (χ4n) is 4.30. The Hall–Kier alpha value is -3.10. The Bertz CT molecular complexity index is 1170. The molecule has 1 amide bonds. The van der Waals surface area contributed by atoms with E-state index in [1.54, 1.807) is 4.57 Å². The number of aromatic nitrogens is 4. The van der Waals surface area contributed by atoms with Gasteiger partial charge in [-0.3, -0.25) is 4.79 Å². The van der Waals surface area contributed by atoms with Crippen LogP contribution >= 0.6 is 0 Å². The molecule has 0 aliphatic heterocycles. The third kappa shape index (κ3) is 5.51. The van der Waals surface area contributed by atoms with E-state index in [1.165, 1.54) is 0 Å². The van der Waals surface area contributed by atoms with Crippen LogP contribution in [0.1, 0.15) is 74.8 Å². The topological polar surface area (TPSA) is 98.7 Å².